The van der Waals surface area contributed by atoms with Gasteiger partial charge >= 0.3 is 6.09 Å². The zero-order valence-corrected chi connectivity index (χ0v) is 20.2. The largest absolute Gasteiger partial charge is 0.493 e. The molecule has 2 aromatic rings. The second-order valence-electron chi connectivity index (χ2n) is 9.44. The molecule has 2 fully saturated rings. The first-order valence-electron chi connectivity index (χ1n) is 12.0. The van der Waals surface area contributed by atoms with Crippen molar-refractivity contribution in [2.45, 2.75) is 45.1 Å². The molecule has 0 aromatic heterocycles. The van der Waals surface area contributed by atoms with Gasteiger partial charge in [0.05, 0.1) is 31.0 Å². The number of aliphatic hydroxyl groups is 1. The third-order valence-corrected chi connectivity index (χ3v) is 7.25. The molecule has 1 saturated carbocycles. The second-order valence-corrected chi connectivity index (χ2v) is 9.44. The van der Waals surface area contributed by atoms with Crippen LogP contribution in [-0.4, -0.2) is 61.6 Å². The van der Waals surface area contributed by atoms with E-state index in [9.17, 15) is 14.7 Å². The van der Waals surface area contributed by atoms with E-state index < -0.39 is 18.4 Å². The van der Waals surface area contributed by atoms with Crippen molar-refractivity contribution in [3.8, 4) is 11.5 Å². The van der Waals surface area contributed by atoms with Crippen molar-refractivity contribution in [3.63, 3.8) is 0 Å². The lowest BCUT2D eigenvalue weighted by atomic mass is 10.0. The number of ether oxygens (including phenoxy) is 3. The molecule has 186 valence electrons. The Hall–Kier alpha value is -3.46. The molecular weight excluding hydrogens is 450 g/mol. The highest BCUT2D eigenvalue weighted by Crippen LogP contribution is 2.56. The van der Waals surface area contributed by atoms with Crippen molar-refractivity contribution in [2.75, 3.05) is 37.5 Å². The normalized spacial score (nSPS) is 21.8. The number of nitrogens with one attached hydrogen (secondary N) is 1. The Morgan fingerprint density at radius 3 is 2.57 bits per heavy atom. The molecule has 2 heterocycles. The Morgan fingerprint density at radius 2 is 1.94 bits per heavy atom. The third kappa shape index (κ3) is 4.14. The monoisotopic (exact) mass is 481 g/mol. The molecule has 2 aromatic carbocycles. The molecule has 1 unspecified atom stereocenters. The van der Waals surface area contributed by atoms with Crippen molar-refractivity contribution >= 4 is 23.4 Å². The topological polar surface area (TPSA) is 101 Å². The Bertz CT molecular complexity index is 1130. The minimum Gasteiger partial charge on any atom is -0.493 e. The average Bonchev–Trinajstić information content (AvgIpc) is 3.53. The Balaban J connectivity index is 1.51. The molecule has 0 radical (unpaired) electrons. The molecule has 2 N–H and O–H groups in total. The molecule has 0 bridgehead atoms. The lowest BCUT2D eigenvalue weighted by Gasteiger charge is -2.31. The Morgan fingerprint density at radius 1 is 1.20 bits per heavy atom. The van der Waals surface area contributed by atoms with Crippen molar-refractivity contribution in [1.82, 2.24) is 4.90 Å². The number of hydrogen-bond donors (Lipinski definition) is 2. The van der Waals surface area contributed by atoms with Crippen molar-refractivity contribution in [3.05, 3.63) is 47.5 Å². The molecule has 2 amide bonds. The molecular formula is C26H31N3O6. The summed E-state index contributed by atoms with van der Waals surface area (Å²) in [5.74, 6) is 0.548. The van der Waals surface area contributed by atoms with Gasteiger partial charge in [-0.05, 0) is 55.4 Å². The molecule has 1 spiro atoms. The maximum absolute atomic E-state index is 13.7. The molecule has 1 saturated heterocycles. The van der Waals surface area contributed by atoms with Crippen LogP contribution in [0.15, 0.2) is 36.4 Å². The summed E-state index contributed by atoms with van der Waals surface area (Å²) in [5.41, 5.74) is 2.32. The number of hydrogen-bond acceptors (Lipinski definition) is 7. The summed E-state index contributed by atoms with van der Waals surface area (Å²) >= 11 is 0. The minimum atomic E-state index is -1.25. The van der Waals surface area contributed by atoms with E-state index >= 15 is 0 Å². The fourth-order valence-electron chi connectivity index (χ4n) is 5.13. The zero-order valence-electron chi connectivity index (χ0n) is 20.2. The predicted octanol–water partition coefficient (Wildman–Crippen LogP) is 3.61. The van der Waals surface area contributed by atoms with E-state index in [0.29, 0.717) is 31.1 Å². The number of anilines is 2. The third-order valence-electron chi connectivity index (χ3n) is 7.25. The highest BCUT2D eigenvalue weighted by Gasteiger charge is 2.57. The number of aliphatic hydroxyl groups excluding tert-OH is 1. The average molecular weight is 482 g/mol. The second kappa shape index (κ2) is 8.96. The molecule has 5 rings (SSSR count). The Kier molecular flexibility index (Phi) is 5.96. The highest BCUT2D eigenvalue weighted by atomic mass is 16.6. The molecule has 2 aliphatic heterocycles. The van der Waals surface area contributed by atoms with Gasteiger partial charge in [0.1, 0.15) is 6.61 Å². The lowest BCUT2D eigenvalue weighted by molar-refractivity contribution is 0.0485. The molecule has 9 nitrogen and oxygen atoms in total. The summed E-state index contributed by atoms with van der Waals surface area (Å²) < 4.78 is 16.8. The summed E-state index contributed by atoms with van der Waals surface area (Å²) in [4.78, 5) is 30.0. The molecule has 2 atom stereocenters. The van der Waals surface area contributed by atoms with E-state index in [1.807, 2.05) is 38.2 Å². The number of amides is 2. The van der Waals surface area contributed by atoms with Gasteiger partial charge in [0.15, 0.2) is 17.7 Å². The number of carbonyl (C=O) groups is 2. The van der Waals surface area contributed by atoms with Crippen LogP contribution in [-0.2, 0) is 11.3 Å². The van der Waals surface area contributed by atoms with Crippen molar-refractivity contribution in [2.24, 2.45) is 5.41 Å². The summed E-state index contributed by atoms with van der Waals surface area (Å²) in [6.07, 6.45) is 0.718. The summed E-state index contributed by atoms with van der Waals surface area (Å²) in [6.45, 7) is 2.81. The van der Waals surface area contributed by atoms with Crippen LogP contribution >= 0.6 is 0 Å². The van der Waals surface area contributed by atoms with Gasteiger partial charge in [0.2, 0.25) is 0 Å². The zero-order chi connectivity index (χ0) is 24.7. The van der Waals surface area contributed by atoms with Crippen LogP contribution in [0.1, 0.15) is 42.1 Å². The maximum atomic E-state index is 13.7. The quantitative estimate of drug-likeness (QED) is 0.650. The van der Waals surface area contributed by atoms with Gasteiger partial charge in [-0.1, -0.05) is 12.1 Å². The summed E-state index contributed by atoms with van der Waals surface area (Å²) in [6, 6.07) is 10.2. The first-order chi connectivity index (χ1) is 16.9. The molecule has 35 heavy (non-hydrogen) atoms. The van der Waals surface area contributed by atoms with Crippen molar-refractivity contribution in [1.29, 1.82) is 0 Å². The minimum absolute atomic E-state index is 0.0299. The summed E-state index contributed by atoms with van der Waals surface area (Å²) in [7, 11) is 3.33. The molecule has 9 heteroatoms. The van der Waals surface area contributed by atoms with E-state index in [1.165, 1.54) is 12.0 Å². The van der Waals surface area contributed by atoms with E-state index in [-0.39, 0.29) is 29.2 Å². The van der Waals surface area contributed by atoms with E-state index in [2.05, 4.69) is 5.32 Å². The molecule has 1 aliphatic carbocycles. The number of rotatable bonds is 6. The van der Waals surface area contributed by atoms with Gasteiger partial charge in [-0.3, -0.25) is 4.79 Å². The highest BCUT2D eigenvalue weighted by molar-refractivity contribution is 6.06. The van der Waals surface area contributed by atoms with Gasteiger partial charge in [-0.25, -0.2) is 9.69 Å². The SMILES string of the molecule is CCOc1cc2c(cc1OC)C(=O)N1CC3(CC3)C[C@H]1C(O)N2C(=O)OCc1ccc(NC)cc1. The Labute approximate surface area is 204 Å². The number of methoxy groups -OCH3 is 1. The van der Waals surface area contributed by atoms with Crippen molar-refractivity contribution < 1.29 is 28.9 Å². The fraction of sp³-hybridized carbons (Fsp3) is 0.462. The van der Waals surface area contributed by atoms with E-state index in [1.54, 1.807) is 17.0 Å². The van der Waals surface area contributed by atoms with E-state index in [0.717, 1.165) is 24.1 Å². The van der Waals surface area contributed by atoms with Crippen LogP contribution in [0.3, 0.4) is 0 Å². The van der Waals surface area contributed by atoms with Crippen LogP contribution in [0, 0.1) is 5.41 Å². The van der Waals surface area contributed by atoms with Gasteiger partial charge in [-0.15, -0.1) is 0 Å². The van der Waals surface area contributed by atoms with Gasteiger partial charge < -0.3 is 29.5 Å². The predicted molar refractivity (Wildman–Crippen MR) is 130 cm³/mol. The van der Waals surface area contributed by atoms with Gasteiger partial charge in [-0.2, -0.15) is 0 Å². The van der Waals surface area contributed by atoms with Crippen LogP contribution in [0.4, 0.5) is 16.2 Å². The number of benzene rings is 2. The lowest BCUT2D eigenvalue weighted by Crippen LogP contribution is -2.50. The van der Waals surface area contributed by atoms with Crippen LogP contribution < -0.4 is 19.7 Å². The fourth-order valence-corrected chi connectivity index (χ4v) is 5.13. The number of fused-ring (bicyclic) bond motifs is 2. The van der Waals surface area contributed by atoms with Gasteiger partial charge in [0, 0.05) is 25.3 Å². The molecule has 3 aliphatic rings. The number of carbonyl (C=O) groups excluding carboxylic acids is 2. The van der Waals surface area contributed by atoms with Gasteiger partial charge in [0.25, 0.3) is 5.91 Å². The van der Waals surface area contributed by atoms with Crippen LogP contribution in [0.2, 0.25) is 0 Å². The first kappa shape index (κ1) is 23.3. The smallest absolute Gasteiger partial charge is 0.416 e. The maximum Gasteiger partial charge on any atom is 0.416 e. The van der Waals surface area contributed by atoms with Crippen LogP contribution in [0.25, 0.3) is 0 Å². The van der Waals surface area contributed by atoms with E-state index in [4.69, 9.17) is 14.2 Å². The first-order valence-corrected chi connectivity index (χ1v) is 12.0. The van der Waals surface area contributed by atoms with Crippen LogP contribution in [0.5, 0.6) is 11.5 Å². The standard InChI is InChI=1S/C26H31N3O6/c1-4-34-22-12-19-18(11-21(22)33-3)23(30)28-15-26(9-10-26)13-20(28)24(31)29(19)25(32)35-14-16-5-7-17(27-2)8-6-16/h5-8,11-12,20,24,27,31H,4,9-10,13-15H2,1-3H3/t20-,24?/m0/s1. The number of nitrogens with zero attached hydrogens (tertiary/aromatic N) is 2. The summed E-state index contributed by atoms with van der Waals surface area (Å²) in [5, 5.41) is 14.5.